The van der Waals surface area contributed by atoms with Crippen molar-refractivity contribution in [1.29, 1.82) is 0 Å². The van der Waals surface area contributed by atoms with E-state index in [0.29, 0.717) is 24.2 Å². The number of aryl methyl sites for hydroxylation is 2. The summed E-state index contributed by atoms with van der Waals surface area (Å²) in [7, 11) is 1.89. The van der Waals surface area contributed by atoms with E-state index in [4.69, 9.17) is 11.6 Å². The molecular formula is C16H26Cl2N6. The Morgan fingerprint density at radius 3 is 2.71 bits per heavy atom. The smallest absolute Gasteiger partial charge is 0.147 e. The molecule has 0 radical (unpaired) electrons. The molecule has 1 aliphatic rings. The number of nitrogens with zero attached hydrogens (tertiary/aromatic N) is 5. The summed E-state index contributed by atoms with van der Waals surface area (Å²) in [5, 5.41) is 17.4. The van der Waals surface area contributed by atoms with Crippen LogP contribution in [0.25, 0.3) is 0 Å². The van der Waals surface area contributed by atoms with Crippen molar-refractivity contribution < 1.29 is 0 Å². The number of nitrogens with one attached hydrogen (secondary N) is 1. The van der Waals surface area contributed by atoms with Gasteiger partial charge in [0.15, 0.2) is 0 Å². The zero-order valence-corrected chi connectivity index (χ0v) is 16.1. The highest BCUT2D eigenvalue weighted by atomic mass is 35.5. The molecule has 0 saturated carbocycles. The van der Waals surface area contributed by atoms with Crippen molar-refractivity contribution in [3.8, 4) is 0 Å². The minimum atomic E-state index is 0. The van der Waals surface area contributed by atoms with Crippen LogP contribution in [0, 0.1) is 0 Å². The average Bonchev–Trinajstić information content (AvgIpc) is 2.92. The predicted molar refractivity (Wildman–Crippen MR) is 97.7 cm³/mol. The standard InChI is InChI=1S/C16H25ClN6.ClH/c1-11(2)15-12(16(17)22(3)21-15)9-18-10-14-20-19-13-7-5-4-6-8-23(13)14;/h11,18H,4-10H2,1-3H3;1H. The summed E-state index contributed by atoms with van der Waals surface area (Å²) in [5.74, 6) is 2.50. The topological polar surface area (TPSA) is 60.6 Å². The Morgan fingerprint density at radius 1 is 1.17 bits per heavy atom. The monoisotopic (exact) mass is 372 g/mol. The maximum atomic E-state index is 6.38. The first-order chi connectivity index (χ1) is 11.1. The molecule has 1 N–H and O–H groups in total. The Bertz CT molecular complexity index is 676. The highest BCUT2D eigenvalue weighted by Crippen LogP contribution is 2.25. The molecule has 3 rings (SSSR count). The Morgan fingerprint density at radius 2 is 1.96 bits per heavy atom. The Balaban J connectivity index is 0.00000208. The fourth-order valence-corrected chi connectivity index (χ4v) is 3.37. The molecule has 0 bridgehead atoms. The van der Waals surface area contributed by atoms with Gasteiger partial charge in [-0.3, -0.25) is 4.68 Å². The fraction of sp³-hybridized carbons (Fsp3) is 0.688. The molecule has 24 heavy (non-hydrogen) atoms. The molecule has 1 aliphatic heterocycles. The van der Waals surface area contributed by atoms with E-state index in [-0.39, 0.29) is 12.4 Å². The van der Waals surface area contributed by atoms with Crippen LogP contribution < -0.4 is 5.32 Å². The molecular weight excluding hydrogens is 347 g/mol. The lowest BCUT2D eigenvalue weighted by Gasteiger charge is -2.09. The maximum absolute atomic E-state index is 6.38. The third-order valence-electron chi connectivity index (χ3n) is 4.42. The van der Waals surface area contributed by atoms with E-state index >= 15 is 0 Å². The average molecular weight is 373 g/mol. The van der Waals surface area contributed by atoms with Crippen LogP contribution in [0.4, 0.5) is 0 Å². The maximum Gasteiger partial charge on any atom is 0.147 e. The number of aromatic nitrogens is 5. The Hall–Kier alpha value is -1.11. The van der Waals surface area contributed by atoms with Gasteiger partial charge in [0.25, 0.3) is 0 Å². The molecule has 134 valence electrons. The fourth-order valence-electron chi connectivity index (χ4n) is 3.17. The quantitative estimate of drug-likeness (QED) is 0.874. The van der Waals surface area contributed by atoms with Gasteiger partial charge in [-0.15, -0.1) is 22.6 Å². The van der Waals surface area contributed by atoms with E-state index in [0.717, 1.165) is 35.9 Å². The second-order valence-corrected chi connectivity index (χ2v) is 6.89. The summed E-state index contributed by atoms with van der Waals surface area (Å²) in [6.45, 7) is 6.71. The van der Waals surface area contributed by atoms with Crippen LogP contribution in [-0.4, -0.2) is 24.5 Å². The summed E-state index contributed by atoms with van der Waals surface area (Å²) < 4.78 is 4.02. The van der Waals surface area contributed by atoms with Gasteiger partial charge in [0.1, 0.15) is 16.8 Å². The van der Waals surface area contributed by atoms with Gasteiger partial charge >= 0.3 is 0 Å². The van der Waals surface area contributed by atoms with Gasteiger partial charge in [-0.1, -0.05) is 31.9 Å². The zero-order chi connectivity index (χ0) is 16.4. The third kappa shape index (κ3) is 3.92. The molecule has 0 aliphatic carbocycles. The molecule has 2 aromatic rings. The predicted octanol–water partition coefficient (Wildman–Crippen LogP) is 3.23. The third-order valence-corrected chi connectivity index (χ3v) is 4.89. The first-order valence-corrected chi connectivity index (χ1v) is 8.78. The van der Waals surface area contributed by atoms with E-state index in [2.05, 4.69) is 39.0 Å². The second kappa shape index (κ2) is 8.32. The molecule has 0 fully saturated rings. The Labute approximate surface area is 154 Å². The lowest BCUT2D eigenvalue weighted by Crippen LogP contribution is -2.18. The van der Waals surface area contributed by atoms with Crippen molar-refractivity contribution >= 4 is 24.0 Å². The molecule has 3 heterocycles. The van der Waals surface area contributed by atoms with Crippen molar-refractivity contribution in [1.82, 2.24) is 29.9 Å². The van der Waals surface area contributed by atoms with Gasteiger partial charge < -0.3 is 9.88 Å². The van der Waals surface area contributed by atoms with Crippen LogP contribution in [0.3, 0.4) is 0 Å². The summed E-state index contributed by atoms with van der Waals surface area (Å²) >= 11 is 6.38. The van der Waals surface area contributed by atoms with E-state index < -0.39 is 0 Å². The van der Waals surface area contributed by atoms with Crippen molar-refractivity contribution in [2.75, 3.05) is 0 Å². The number of rotatable bonds is 5. The van der Waals surface area contributed by atoms with Gasteiger partial charge in [-0.25, -0.2) is 0 Å². The summed E-state index contributed by atoms with van der Waals surface area (Å²) in [6, 6.07) is 0. The van der Waals surface area contributed by atoms with E-state index in [1.165, 1.54) is 19.3 Å². The van der Waals surface area contributed by atoms with Gasteiger partial charge in [-0.2, -0.15) is 5.10 Å². The van der Waals surface area contributed by atoms with Gasteiger partial charge in [-0.05, 0) is 18.8 Å². The highest BCUT2D eigenvalue weighted by Gasteiger charge is 2.18. The van der Waals surface area contributed by atoms with E-state index in [1.54, 1.807) is 4.68 Å². The summed E-state index contributed by atoms with van der Waals surface area (Å²) in [4.78, 5) is 0. The molecule has 0 unspecified atom stereocenters. The zero-order valence-electron chi connectivity index (χ0n) is 14.5. The molecule has 0 saturated heterocycles. The first-order valence-electron chi connectivity index (χ1n) is 8.41. The minimum absolute atomic E-state index is 0. The number of halogens is 2. The molecule has 8 heteroatoms. The van der Waals surface area contributed by atoms with E-state index in [1.807, 2.05) is 7.05 Å². The van der Waals surface area contributed by atoms with Crippen LogP contribution >= 0.6 is 24.0 Å². The number of fused-ring (bicyclic) bond motifs is 1. The van der Waals surface area contributed by atoms with Crippen molar-refractivity contribution in [2.24, 2.45) is 7.05 Å². The molecule has 0 atom stereocenters. The largest absolute Gasteiger partial charge is 0.314 e. The number of hydrogen-bond donors (Lipinski definition) is 1. The van der Waals surface area contributed by atoms with Crippen molar-refractivity contribution in [2.45, 2.75) is 65.1 Å². The normalized spacial score (nSPS) is 14.4. The van der Waals surface area contributed by atoms with Crippen molar-refractivity contribution in [3.05, 3.63) is 28.1 Å². The summed E-state index contributed by atoms with van der Waals surface area (Å²) in [5.41, 5.74) is 2.14. The van der Waals surface area contributed by atoms with E-state index in [9.17, 15) is 0 Å². The summed E-state index contributed by atoms with van der Waals surface area (Å²) in [6.07, 6.45) is 4.75. The molecule has 0 spiro atoms. The lowest BCUT2D eigenvalue weighted by atomic mass is 10.1. The number of hydrogen-bond acceptors (Lipinski definition) is 4. The van der Waals surface area contributed by atoms with Crippen molar-refractivity contribution in [3.63, 3.8) is 0 Å². The molecule has 2 aromatic heterocycles. The lowest BCUT2D eigenvalue weighted by molar-refractivity contribution is 0.571. The first kappa shape index (κ1) is 19.2. The molecule has 0 aromatic carbocycles. The van der Waals surface area contributed by atoms with Gasteiger partial charge in [0.05, 0.1) is 12.2 Å². The second-order valence-electron chi connectivity index (χ2n) is 6.53. The minimum Gasteiger partial charge on any atom is -0.314 e. The van der Waals surface area contributed by atoms with Crippen LogP contribution in [0.2, 0.25) is 5.15 Å². The van der Waals surface area contributed by atoms with Crippen LogP contribution in [0.15, 0.2) is 0 Å². The molecule has 0 amide bonds. The van der Waals surface area contributed by atoms with Crippen LogP contribution in [-0.2, 0) is 33.1 Å². The van der Waals surface area contributed by atoms with Crippen LogP contribution in [0.5, 0.6) is 0 Å². The Kier molecular flexibility index (Phi) is 6.66. The van der Waals surface area contributed by atoms with Crippen LogP contribution in [0.1, 0.15) is 61.9 Å². The molecule has 6 nitrogen and oxygen atoms in total. The van der Waals surface area contributed by atoms with Gasteiger partial charge in [0, 0.05) is 32.1 Å². The van der Waals surface area contributed by atoms with Gasteiger partial charge in [0.2, 0.25) is 0 Å². The highest BCUT2D eigenvalue weighted by molar-refractivity contribution is 6.30. The SMILES string of the molecule is CC(C)c1nn(C)c(Cl)c1CNCc1nnc2n1CCCCC2.Cl.